The molecule has 0 aliphatic carbocycles. The number of carbonyl (C=O) groups excluding carboxylic acids is 2. The van der Waals surface area contributed by atoms with Gasteiger partial charge in [-0.2, -0.15) is 0 Å². The standard InChI is InChI=1S/C18H30N2O3/c1-6-9-19-17(21)8-11-20(10-7-13(2)3)18(22)16-12-14(4)23-15(16)5/h12-13H,6-11H2,1-5H3,(H,19,21). The Labute approximate surface area is 139 Å². The van der Waals surface area contributed by atoms with E-state index in [0.29, 0.717) is 43.3 Å². The Morgan fingerprint density at radius 3 is 2.48 bits per heavy atom. The van der Waals surface area contributed by atoms with Crippen molar-refractivity contribution in [1.82, 2.24) is 10.2 Å². The number of hydrogen-bond acceptors (Lipinski definition) is 3. The van der Waals surface area contributed by atoms with Crippen LogP contribution in [0.3, 0.4) is 0 Å². The van der Waals surface area contributed by atoms with E-state index < -0.39 is 0 Å². The van der Waals surface area contributed by atoms with Crippen LogP contribution in [0.5, 0.6) is 0 Å². The summed E-state index contributed by atoms with van der Waals surface area (Å²) in [6.45, 7) is 11.7. The highest BCUT2D eigenvalue weighted by atomic mass is 16.3. The van der Waals surface area contributed by atoms with Crippen molar-refractivity contribution >= 4 is 11.8 Å². The summed E-state index contributed by atoms with van der Waals surface area (Å²) >= 11 is 0. The van der Waals surface area contributed by atoms with E-state index in [2.05, 4.69) is 19.2 Å². The zero-order chi connectivity index (χ0) is 17.4. The first-order valence-corrected chi connectivity index (χ1v) is 8.48. The third-order valence-electron chi connectivity index (χ3n) is 3.72. The number of nitrogens with zero attached hydrogens (tertiary/aromatic N) is 1. The fraction of sp³-hybridized carbons (Fsp3) is 0.667. The normalized spacial score (nSPS) is 10.9. The van der Waals surface area contributed by atoms with Gasteiger partial charge in [0, 0.05) is 26.1 Å². The fourth-order valence-electron chi connectivity index (χ4n) is 2.33. The Morgan fingerprint density at radius 2 is 1.96 bits per heavy atom. The molecular weight excluding hydrogens is 292 g/mol. The molecule has 0 radical (unpaired) electrons. The minimum absolute atomic E-state index is 0.00528. The van der Waals surface area contributed by atoms with Crippen LogP contribution >= 0.6 is 0 Å². The molecule has 0 saturated heterocycles. The molecule has 0 atom stereocenters. The first-order valence-electron chi connectivity index (χ1n) is 8.48. The summed E-state index contributed by atoms with van der Waals surface area (Å²) in [5.74, 6) is 1.82. The molecule has 0 unspecified atom stereocenters. The van der Waals surface area contributed by atoms with Crippen LogP contribution in [0.15, 0.2) is 10.5 Å². The Hall–Kier alpha value is -1.78. The second-order valence-electron chi connectivity index (χ2n) is 6.40. The van der Waals surface area contributed by atoms with E-state index in [1.807, 2.05) is 13.8 Å². The highest BCUT2D eigenvalue weighted by Crippen LogP contribution is 2.17. The highest BCUT2D eigenvalue weighted by Gasteiger charge is 2.21. The average Bonchev–Trinajstić information content (AvgIpc) is 2.82. The van der Waals surface area contributed by atoms with Gasteiger partial charge in [0.2, 0.25) is 5.91 Å². The Balaban J connectivity index is 2.73. The number of aryl methyl sites for hydroxylation is 2. The maximum atomic E-state index is 12.8. The van der Waals surface area contributed by atoms with Gasteiger partial charge in [-0.25, -0.2) is 0 Å². The van der Waals surface area contributed by atoms with Crippen LogP contribution < -0.4 is 5.32 Å². The van der Waals surface area contributed by atoms with Gasteiger partial charge in [-0.3, -0.25) is 9.59 Å². The van der Waals surface area contributed by atoms with Crippen molar-refractivity contribution in [2.24, 2.45) is 5.92 Å². The summed E-state index contributed by atoms with van der Waals surface area (Å²) in [5.41, 5.74) is 0.597. The van der Waals surface area contributed by atoms with Crippen molar-refractivity contribution in [3.05, 3.63) is 23.2 Å². The number of hydrogen-bond donors (Lipinski definition) is 1. The minimum Gasteiger partial charge on any atom is -0.466 e. The zero-order valence-corrected chi connectivity index (χ0v) is 15.1. The molecule has 1 N–H and O–H groups in total. The molecule has 0 aliphatic rings. The number of amides is 2. The lowest BCUT2D eigenvalue weighted by molar-refractivity contribution is -0.121. The van der Waals surface area contributed by atoms with Crippen LogP contribution in [0.4, 0.5) is 0 Å². The van der Waals surface area contributed by atoms with Crippen molar-refractivity contribution in [3.8, 4) is 0 Å². The summed E-state index contributed by atoms with van der Waals surface area (Å²) in [6.07, 6.45) is 2.16. The molecule has 0 saturated carbocycles. The molecule has 0 spiro atoms. The van der Waals surface area contributed by atoms with E-state index in [-0.39, 0.29) is 11.8 Å². The predicted molar refractivity (Wildman–Crippen MR) is 91.5 cm³/mol. The van der Waals surface area contributed by atoms with Crippen LogP contribution in [0.1, 0.15) is 61.9 Å². The summed E-state index contributed by atoms with van der Waals surface area (Å²) in [6, 6.07) is 1.77. The molecule has 5 nitrogen and oxygen atoms in total. The van der Waals surface area contributed by atoms with Crippen LogP contribution in [0.2, 0.25) is 0 Å². The van der Waals surface area contributed by atoms with Gasteiger partial charge in [-0.1, -0.05) is 20.8 Å². The van der Waals surface area contributed by atoms with Gasteiger partial charge in [0.25, 0.3) is 5.91 Å². The van der Waals surface area contributed by atoms with Crippen molar-refractivity contribution < 1.29 is 14.0 Å². The van der Waals surface area contributed by atoms with Crippen LogP contribution in [0.25, 0.3) is 0 Å². The lowest BCUT2D eigenvalue weighted by atomic mass is 10.1. The van der Waals surface area contributed by atoms with Gasteiger partial charge in [-0.15, -0.1) is 0 Å². The van der Waals surface area contributed by atoms with Gasteiger partial charge in [0.15, 0.2) is 0 Å². The molecule has 130 valence electrons. The Kier molecular flexibility index (Phi) is 7.86. The van der Waals surface area contributed by atoms with Crippen molar-refractivity contribution in [2.45, 2.75) is 53.9 Å². The van der Waals surface area contributed by atoms with Crippen LogP contribution in [-0.4, -0.2) is 36.3 Å². The lowest BCUT2D eigenvalue weighted by Crippen LogP contribution is -2.36. The molecule has 0 aromatic carbocycles. The monoisotopic (exact) mass is 322 g/mol. The van der Waals surface area contributed by atoms with E-state index in [1.165, 1.54) is 0 Å². The summed E-state index contributed by atoms with van der Waals surface area (Å²) in [7, 11) is 0. The molecule has 1 heterocycles. The molecular formula is C18H30N2O3. The SMILES string of the molecule is CCCNC(=O)CCN(CCC(C)C)C(=O)c1cc(C)oc1C. The van der Waals surface area contributed by atoms with Crippen LogP contribution in [0, 0.1) is 19.8 Å². The predicted octanol–water partition coefficient (Wildman–Crippen LogP) is 3.30. The molecule has 23 heavy (non-hydrogen) atoms. The first kappa shape index (κ1) is 19.3. The fourth-order valence-corrected chi connectivity index (χ4v) is 2.33. The summed E-state index contributed by atoms with van der Waals surface area (Å²) in [5, 5.41) is 2.85. The van der Waals surface area contributed by atoms with Crippen LogP contribution in [-0.2, 0) is 4.79 Å². The molecule has 0 bridgehead atoms. The van der Waals surface area contributed by atoms with Crippen molar-refractivity contribution in [3.63, 3.8) is 0 Å². The van der Waals surface area contributed by atoms with Gasteiger partial charge >= 0.3 is 0 Å². The third kappa shape index (κ3) is 6.47. The smallest absolute Gasteiger partial charge is 0.257 e. The third-order valence-corrected chi connectivity index (χ3v) is 3.72. The minimum atomic E-state index is -0.0525. The van der Waals surface area contributed by atoms with Gasteiger partial charge in [-0.05, 0) is 38.7 Å². The summed E-state index contributed by atoms with van der Waals surface area (Å²) < 4.78 is 5.46. The van der Waals surface area contributed by atoms with Gasteiger partial charge < -0.3 is 14.6 Å². The van der Waals surface area contributed by atoms with Gasteiger partial charge in [0.1, 0.15) is 11.5 Å². The maximum absolute atomic E-state index is 12.8. The number of nitrogens with one attached hydrogen (secondary N) is 1. The zero-order valence-electron chi connectivity index (χ0n) is 15.1. The molecule has 0 fully saturated rings. The highest BCUT2D eigenvalue weighted by molar-refractivity contribution is 5.95. The van der Waals surface area contributed by atoms with Crippen molar-refractivity contribution in [2.75, 3.05) is 19.6 Å². The second kappa shape index (κ2) is 9.38. The maximum Gasteiger partial charge on any atom is 0.257 e. The molecule has 1 rings (SSSR count). The number of rotatable bonds is 9. The van der Waals surface area contributed by atoms with E-state index >= 15 is 0 Å². The van der Waals surface area contributed by atoms with E-state index in [1.54, 1.807) is 17.9 Å². The topological polar surface area (TPSA) is 62.6 Å². The lowest BCUT2D eigenvalue weighted by Gasteiger charge is -2.23. The van der Waals surface area contributed by atoms with E-state index in [9.17, 15) is 9.59 Å². The van der Waals surface area contributed by atoms with Crippen molar-refractivity contribution in [1.29, 1.82) is 0 Å². The Morgan fingerprint density at radius 1 is 1.26 bits per heavy atom. The summed E-state index contributed by atoms with van der Waals surface area (Å²) in [4.78, 5) is 26.3. The molecule has 1 aromatic rings. The quantitative estimate of drug-likeness (QED) is 0.759. The van der Waals surface area contributed by atoms with Gasteiger partial charge in [0.05, 0.1) is 5.56 Å². The average molecular weight is 322 g/mol. The van der Waals surface area contributed by atoms with E-state index in [4.69, 9.17) is 4.42 Å². The molecule has 5 heteroatoms. The molecule has 1 aromatic heterocycles. The molecule has 0 aliphatic heterocycles. The molecule has 2 amide bonds. The van der Waals surface area contributed by atoms with E-state index in [0.717, 1.165) is 18.6 Å². The second-order valence-corrected chi connectivity index (χ2v) is 6.40. The first-order chi connectivity index (χ1) is 10.8. The number of furan rings is 1. The largest absolute Gasteiger partial charge is 0.466 e. The number of carbonyl (C=O) groups is 2. The Bertz CT molecular complexity index is 520.